The van der Waals surface area contributed by atoms with Crippen LogP contribution >= 0.6 is 0 Å². The number of rotatable bonds is 2. The Morgan fingerprint density at radius 1 is 1.15 bits per heavy atom. The summed E-state index contributed by atoms with van der Waals surface area (Å²) in [6.07, 6.45) is 0. The molecule has 0 unspecified atom stereocenters. The number of hydrogen-bond acceptors (Lipinski definition) is 2. The predicted octanol–water partition coefficient (Wildman–Crippen LogP) is 4.07. The summed E-state index contributed by atoms with van der Waals surface area (Å²) in [5.41, 5.74) is 10.9. The number of imidazole rings is 1. The summed E-state index contributed by atoms with van der Waals surface area (Å²) in [6, 6.07) is 6.40. The summed E-state index contributed by atoms with van der Waals surface area (Å²) in [4.78, 5) is 4.83. The minimum Gasteiger partial charge on any atom is -0.383 e. The van der Waals surface area contributed by atoms with Crippen molar-refractivity contribution in [3.63, 3.8) is 0 Å². The van der Waals surface area contributed by atoms with Gasteiger partial charge < -0.3 is 10.3 Å². The van der Waals surface area contributed by atoms with Crippen molar-refractivity contribution in [2.45, 2.75) is 53.5 Å². The second-order valence-electron chi connectivity index (χ2n) is 6.46. The number of hydrogen-bond donors (Lipinski definition) is 1. The van der Waals surface area contributed by atoms with Gasteiger partial charge in [0.25, 0.3) is 0 Å². The quantitative estimate of drug-likeness (QED) is 0.895. The Bertz CT molecular complexity index is 630. The molecule has 2 aromatic rings. The Labute approximate surface area is 121 Å². The average Bonchev–Trinajstić information content (AvgIpc) is 2.69. The summed E-state index contributed by atoms with van der Waals surface area (Å²) in [5, 5.41) is 0. The lowest BCUT2D eigenvalue weighted by atomic mass is 9.95. The number of anilines is 1. The average molecular weight is 271 g/mol. The molecule has 2 rings (SSSR count). The summed E-state index contributed by atoms with van der Waals surface area (Å²) < 4.78 is 2.12. The molecular weight excluding hydrogens is 246 g/mol. The Morgan fingerprint density at radius 2 is 1.80 bits per heavy atom. The third-order valence-electron chi connectivity index (χ3n) is 3.77. The van der Waals surface area contributed by atoms with Gasteiger partial charge in [-0.05, 0) is 38.0 Å². The van der Waals surface area contributed by atoms with Crippen LogP contribution in [0.4, 0.5) is 5.82 Å². The van der Waals surface area contributed by atoms with E-state index in [0.717, 1.165) is 29.4 Å². The number of aryl methyl sites for hydroxylation is 2. The van der Waals surface area contributed by atoms with Crippen LogP contribution in [0.1, 0.15) is 44.6 Å². The first-order valence-corrected chi connectivity index (χ1v) is 7.19. The molecule has 1 heterocycles. The first-order chi connectivity index (χ1) is 9.25. The van der Waals surface area contributed by atoms with Gasteiger partial charge in [0.05, 0.1) is 0 Å². The largest absolute Gasteiger partial charge is 0.383 e. The van der Waals surface area contributed by atoms with Crippen molar-refractivity contribution in [2.75, 3.05) is 5.73 Å². The van der Waals surface area contributed by atoms with Crippen LogP contribution in [0.15, 0.2) is 18.2 Å². The Balaban J connectivity index is 2.63. The number of nitrogens with zero attached hydrogens (tertiary/aromatic N) is 2. The van der Waals surface area contributed by atoms with Crippen molar-refractivity contribution in [1.82, 2.24) is 9.55 Å². The molecule has 0 radical (unpaired) electrons. The van der Waals surface area contributed by atoms with E-state index in [9.17, 15) is 0 Å². The molecule has 0 saturated heterocycles. The molecule has 1 aromatic heterocycles. The molecule has 0 aliphatic rings. The number of benzene rings is 1. The second kappa shape index (κ2) is 4.97. The van der Waals surface area contributed by atoms with Gasteiger partial charge in [-0.2, -0.15) is 0 Å². The third kappa shape index (κ3) is 2.45. The molecule has 3 nitrogen and oxygen atoms in total. The fraction of sp³-hybridized carbons (Fsp3) is 0.471. The molecule has 108 valence electrons. The Hall–Kier alpha value is -1.77. The molecular formula is C17H25N3. The minimum absolute atomic E-state index is 0.0118. The molecule has 2 N–H and O–H groups in total. The van der Waals surface area contributed by atoms with E-state index in [1.165, 1.54) is 11.1 Å². The molecule has 0 spiro atoms. The van der Waals surface area contributed by atoms with Crippen LogP contribution in [0.25, 0.3) is 11.3 Å². The van der Waals surface area contributed by atoms with E-state index >= 15 is 0 Å². The number of nitrogen functional groups attached to an aromatic ring is 1. The smallest absolute Gasteiger partial charge is 0.131 e. The highest BCUT2D eigenvalue weighted by Crippen LogP contribution is 2.32. The monoisotopic (exact) mass is 271 g/mol. The fourth-order valence-electron chi connectivity index (χ4n) is 2.46. The van der Waals surface area contributed by atoms with E-state index in [1.807, 2.05) is 0 Å². The molecule has 3 heteroatoms. The zero-order chi connectivity index (χ0) is 15.1. The summed E-state index contributed by atoms with van der Waals surface area (Å²) in [6.45, 7) is 13.7. The van der Waals surface area contributed by atoms with Crippen molar-refractivity contribution in [2.24, 2.45) is 0 Å². The van der Waals surface area contributed by atoms with Crippen molar-refractivity contribution in [3.8, 4) is 11.3 Å². The van der Waals surface area contributed by atoms with Crippen LogP contribution in [-0.4, -0.2) is 9.55 Å². The third-order valence-corrected chi connectivity index (χ3v) is 3.77. The lowest BCUT2D eigenvalue weighted by molar-refractivity contribution is 0.509. The molecule has 0 aliphatic heterocycles. The lowest BCUT2D eigenvalue weighted by Crippen LogP contribution is -2.19. The topological polar surface area (TPSA) is 43.8 Å². The van der Waals surface area contributed by atoms with E-state index in [2.05, 4.69) is 64.3 Å². The van der Waals surface area contributed by atoms with Crippen LogP contribution in [-0.2, 0) is 12.0 Å². The SMILES string of the molecule is CCn1c(C(C)(C)C)nc(-c2ccc(C)c(C)c2)c1N. The number of nitrogens with two attached hydrogens (primary N) is 1. The normalized spacial score (nSPS) is 11.9. The van der Waals surface area contributed by atoms with Gasteiger partial charge in [0.15, 0.2) is 0 Å². The predicted molar refractivity (Wildman–Crippen MR) is 85.9 cm³/mol. The lowest BCUT2D eigenvalue weighted by Gasteiger charge is -2.19. The number of aromatic nitrogens is 2. The van der Waals surface area contributed by atoms with E-state index < -0.39 is 0 Å². The Morgan fingerprint density at radius 3 is 2.25 bits per heavy atom. The van der Waals surface area contributed by atoms with E-state index in [1.54, 1.807) is 0 Å². The Kier molecular flexibility index (Phi) is 3.63. The van der Waals surface area contributed by atoms with E-state index in [4.69, 9.17) is 10.7 Å². The summed E-state index contributed by atoms with van der Waals surface area (Å²) >= 11 is 0. The summed E-state index contributed by atoms with van der Waals surface area (Å²) in [5.74, 6) is 1.81. The van der Waals surface area contributed by atoms with Gasteiger partial charge >= 0.3 is 0 Å². The minimum atomic E-state index is -0.0118. The highest BCUT2D eigenvalue weighted by Gasteiger charge is 2.24. The van der Waals surface area contributed by atoms with Crippen molar-refractivity contribution >= 4 is 5.82 Å². The van der Waals surface area contributed by atoms with Gasteiger partial charge in [-0.3, -0.25) is 0 Å². The van der Waals surface area contributed by atoms with Crippen LogP contribution in [0.2, 0.25) is 0 Å². The van der Waals surface area contributed by atoms with Crippen LogP contribution < -0.4 is 5.73 Å². The van der Waals surface area contributed by atoms with Crippen molar-refractivity contribution in [3.05, 3.63) is 35.2 Å². The van der Waals surface area contributed by atoms with E-state index in [0.29, 0.717) is 0 Å². The zero-order valence-electron chi connectivity index (χ0n) is 13.4. The van der Waals surface area contributed by atoms with Crippen LogP contribution in [0.3, 0.4) is 0 Å². The van der Waals surface area contributed by atoms with E-state index in [-0.39, 0.29) is 5.41 Å². The van der Waals surface area contributed by atoms with Gasteiger partial charge in [-0.1, -0.05) is 32.9 Å². The van der Waals surface area contributed by atoms with Crippen LogP contribution in [0.5, 0.6) is 0 Å². The molecule has 0 aliphatic carbocycles. The first kappa shape index (κ1) is 14.6. The molecule has 0 amide bonds. The fourth-order valence-corrected chi connectivity index (χ4v) is 2.46. The molecule has 0 saturated carbocycles. The maximum absolute atomic E-state index is 6.33. The molecule has 0 atom stereocenters. The maximum atomic E-state index is 6.33. The van der Waals surface area contributed by atoms with Gasteiger partial charge in [-0.25, -0.2) is 4.98 Å². The molecule has 1 aromatic carbocycles. The standard InChI is InChI=1S/C17H25N3/c1-7-20-15(18)14(19-16(20)17(4,5)6)13-9-8-11(2)12(3)10-13/h8-10H,7,18H2,1-6H3. The molecule has 0 bridgehead atoms. The van der Waals surface area contributed by atoms with Gasteiger partial charge in [0.2, 0.25) is 0 Å². The molecule has 20 heavy (non-hydrogen) atoms. The van der Waals surface area contributed by atoms with Gasteiger partial charge in [-0.15, -0.1) is 0 Å². The van der Waals surface area contributed by atoms with Crippen molar-refractivity contribution in [1.29, 1.82) is 0 Å². The second-order valence-corrected chi connectivity index (χ2v) is 6.46. The molecule has 0 fully saturated rings. The van der Waals surface area contributed by atoms with Gasteiger partial charge in [0.1, 0.15) is 17.3 Å². The highest BCUT2D eigenvalue weighted by atomic mass is 15.1. The summed E-state index contributed by atoms with van der Waals surface area (Å²) in [7, 11) is 0. The first-order valence-electron chi connectivity index (χ1n) is 7.19. The maximum Gasteiger partial charge on any atom is 0.131 e. The highest BCUT2D eigenvalue weighted by molar-refractivity contribution is 5.72. The van der Waals surface area contributed by atoms with Crippen molar-refractivity contribution < 1.29 is 0 Å². The van der Waals surface area contributed by atoms with Crippen LogP contribution in [0, 0.1) is 13.8 Å². The zero-order valence-corrected chi connectivity index (χ0v) is 13.4. The van der Waals surface area contributed by atoms with Gasteiger partial charge in [0, 0.05) is 17.5 Å².